The number of hydrogen-bond acceptors (Lipinski definition) is 3. The summed E-state index contributed by atoms with van der Waals surface area (Å²) in [6, 6.07) is 38.1. The van der Waals surface area contributed by atoms with E-state index in [1.54, 1.807) is 0 Å². The number of terminal acetylenes is 1. The van der Waals surface area contributed by atoms with Crippen LogP contribution in [0.5, 0.6) is 0 Å². The standard InChI is InChI=1S/C22H16N2.C11H8.C6H6BrN.CH4/c23-21-13-9-19(10-14-21)7-5-17-1-2-18(4-3-17)6-8-20-11-15-22(24)16-12-20;1-3-5-11-8-6-10(4-2)7-9-11;7-5-1-3-6(8)4-2-5;/h1-4,9-16H,23-24H2;2,6-9H,1H3;1-4H,8H2;1H4. The van der Waals surface area contributed by atoms with E-state index in [1.165, 1.54) is 0 Å². The third-order valence-corrected chi connectivity index (χ3v) is 6.13. The van der Waals surface area contributed by atoms with Crippen LogP contribution >= 0.6 is 15.9 Å². The molecule has 0 aliphatic carbocycles. The molecule has 44 heavy (non-hydrogen) atoms. The summed E-state index contributed by atoms with van der Waals surface area (Å²) in [6.45, 7) is 1.81. The van der Waals surface area contributed by atoms with Gasteiger partial charge in [-0.15, -0.1) is 12.3 Å². The predicted octanol–water partition coefficient (Wildman–Crippen LogP) is 8.36. The fourth-order valence-electron chi connectivity index (χ4n) is 3.32. The predicted molar refractivity (Wildman–Crippen MR) is 192 cm³/mol. The third kappa shape index (κ3) is 12.8. The zero-order valence-corrected chi connectivity index (χ0v) is 25.3. The van der Waals surface area contributed by atoms with Crippen molar-refractivity contribution in [2.45, 2.75) is 14.4 Å². The fraction of sp³-hybridized carbons (Fsp3) is 0.0500. The maximum atomic E-state index is 5.66. The van der Waals surface area contributed by atoms with Gasteiger partial charge in [0.2, 0.25) is 0 Å². The average molecular weight is 637 g/mol. The topological polar surface area (TPSA) is 78.1 Å². The van der Waals surface area contributed by atoms with E-state index in [1.807, 2.05) is 128 Å². The van der Waals surface area contributed by atoms with Crippen LogP contribution in [-0.2, 0) is 0 Å². The molecule has 6 N–H and O–H groups in total. The highest BCUT2D eigenvalue weighted by Gasteiger charge is 1.91. The maximum absolute atomic E-state index is 5.66. The molecule has 5 aromatic rings. The Labute approximate surface area is 270 Å². The molecule has 0 saturated carbocycles. The second kappa shape index (κ2) is 18.6. The van der Waals surface area contributed by atoms with Gasteiger partial charge in [0.05, 0.1) is 0 Å². The van der Waals surface area contributed by atoms with Gasteiger partial charge in [-0.3, -0.25) is 0 Å². The number of nitrogens with two attached hydrogens (primary N) is 3. The van der Waals surface area contributed by atoms with Crippen LogP contribution in [0.15, 0.2) is 126 Å². The average Bonchev–Trinajstić information content (AvgIpc) is 3.04. The molecule has 0 fully saturated rings. The Hall–Kier alpha value is -5.78. The van der Waals surface area contributed by atoms with E-state index in [0.29, 0.717) is 0 Å². The molecule has 0 heterocycles. The Balaban J connectivity index is 0.000000278. The van der Waals surface area contributed by atoms with Gasteiger partial charge < -0.3 is 17.2 Å². The largest absolute Gasteiger partial charge is 0.399 e. The molecule has 0 saturated heterocycles. The van der Waals surface area contributed by atoms with Gasteiger partial charge >= 0.3 is 0 Å². The van der Waals surface area contributed by atoms with E-state index in [0.717, 1.165) is 54.9 Å². The highest BCUT2D eigenvalue weighted by Crippen LogP contribution is 2.11. The lowest BCUT2D eigenvalue weighted by atomic mass is 10.1. The smallest absolute Gasteiger partial charge is 0.0314 e. The molecular formula is C40H34BrN3. The summed E-state index contributed by atoms with van der Waals surface area (Å²) in [5, 5.41) is 0. The van der Waals surface area contributed by atoms with Crippen LogP contribution in [0.3, 0.4) is 0 Å². The highest BCUT2D eigenvalue weighted by atomic mass is 79.9. The van der Waals surface area contributed by atoms with Gasteiger partial charge in [-0.25, -0.2) is 0 Å². The number of benzene rings is 5. The van der Waals surface area contributed by atoms with Crippen LogP contribution in [0.2, 0.25) is 0 Å². The Bertz CT molecular complexity index is 1730. The van der Waals surface area contributed by atoms with Crippen molar-refractivity contribution in [3.05, 3.63) is 159 Å². The van der Waals surface area contributed by atoms with Gasteiger partial charge in [-0.1, -0.05) is 58.9 Å². The van der Waals surface area contributed by atoms with Crippen molar-refractivity contribution in [3.63, 3.8) is 0 Å². The molecular weight excluding hydrogens is 602 g/mol. The number of halogens is 1. The van der Waals surface area contributed by atoms with E-state index in [9.17, 15) is 0 Å². The van der Waals surface area contributed by atoms with Crippen molar-refractivity contribution in [2.24, 2.45) is 0 Å². The summed E-state index contributed by atoms with van der Waals surface area (Å²) in [4.78, 5) is 0. The summed E-state index contributed by atoms with van der Waals surface area (Å²) in [6.07, 6.45) is 5.19. The number of rotatable bonds is 0. The van der Waals surface area contributed by atoms with E-state index in [4.69, 9.17) is 23.6 Å². The minimum atomic E-state index is 0. The monoisotopic (exact) mass is 635 g/mol. The second-order valence-electron chi connectivity index (χ2n) is 8.97. The number of nitrogen functional groups attached to an aromatic ring is 3. The zero-order chi connectivity index (χ0) is 30.9. The fourth-order valence-corrected chi connectivity index (χ4v) is 3.58. The number of anilines is 3. The first-order valence-corrected chi connectivity index (χ1v) is 14.0. The molecule has 0 aliphatic heterocycles. The van der Waals surface area contributed by atoms with E-state index >= 15 is 0 Å². The van der Waals surface area contributed by atoms with Crippen LogP contribution in [0.4, 0.5) is 17.1 Å². The quantitative estimate of drug-likeness (QED) is 0.118. The van der Waals surface area contributed by atoms with Gasteiger partial charge in [0.25, 0.3) is 0 Å². The van der Waals surface area contributed by atoms with Crippen LogP contribution in [0.1, 0.15) is 47.7 Å². The summed E-state index contributed by atoms with van der Waals surface area (Å²) in [5.41, 5.74) is 24.7. The van der Waals surface area contributed by atoms with Gasteiger partial charge in [0.1, 0.15) is 0 Å². The lowest BCUT2D eigenvalue weighted by Crippen LogP contribution is -1.84. The Morgan fingerprint density at radius 3 is 0.955 bits per heavy atom. The van der Waals surface area contributed by atoms with Crippen molar-refractivity contribution < 1.29 is 0 Å². The minimum absolute atomic E-state index is 0. The molecule has 0 radical (unpaired) electrons. The SMILES string of the molecule is C.C#Cc1ccc(C#CC)cc1.Nc1ccc(Br)cc1.Nc1ccc(C#Cc2ccc(C#Cc3ccc(N)cc3)cc2)cc1. The number of hydrogen-bond donors (Lipinski definition) is 3. The van der Waals surface area contributed by atoms with E-state index in [2.05, 4.69) is 57.4 Å². The summed E-state index contributed by atoms with van der Waals surface area (Å²) >= 11 is 3.29. The van der Waals surface area contributed by atoms with Gasteiger partial charge in [-0.2, -0.15) is 0 Å². The lowest BCUT2D eigenvalue weighted by molar-refractivity contribution is 1.58. The van der Waals surface area contributed by atoms with Gasteiger partial charge in [0.15, 0.2) is 0 Å². The van der Waals surface area contributed by atoms with Gasteiger partial charge in [-0.05, 0) is 128 Å². The Morgan fingerprint density at radius 1 is 0.432 bits per heavy atom. The first-order chi connectivity index (χ1) is 20.8. The molecule has 0 spiro atoms. The van der Waals surface area contributed by atoms with Gasteiger partial charge in [0, 0.05) is 54.9 Å². The first kappa shape index (κ1) is 34.4. The first-order valence-electron chi connectivity index (χ1n) is 13.2. The molecule has 5 aromatic carbocycles. The van der Waals surface area contributed by atoms with Crippen LogP contribution < -0.4 is 17.2 Å². The molecule has 5 rings (SSSR count). The molecule has 4 heteroatoms. The molecule has 0 aromatic heterocycles. The molecule has 0 atom stereocenters. The minimum Gasteiger partial charge on any atom is -0.399 e. The molecule has 3 nitrogen and oxygen atoms in total. The maximum Gasteiger partial charge on any atom is 0.0314 e. The molecule has 0 aliphatic rings. The van der Waals surface area contributed by atoms with Crippen molar-refractivity contribution in [1.29, 1.82) is 0 Å². The molecule has 216 valence electrons. The van der Waals surface area contributed by atoms with Crippen molar-refractivity contribution in [3.8, 4) is 47.9 Å². The third-order valence-electron chi connectivity index (χ3n) is 5.60. The van der Waals surface area contributed by atoms with E-state index < -0.39 is 0 Å². The van der Waals surface area contributed by atoms with Crippen molar-refractivity contribution in [2.75, 3.05) is 17.2 Å². The second-order valence-corrected chi connectivity index (χ2v) is 9.89. The summed E-state index contributed by atoms with van der Waals surface area (Å²) in [7, 11) is 0. The molecule has 0 unspecified atom stereocenters. The lowest BCUT2D eigenvalue weighted by Gasteiger charge is -1.94. The summed E-state index contributed by atoms with van der Waals surface area (Å²) in [5.74, 6) is 20.8. The summed E-state index contributed by atoms with van der Waals surface area (Å²) < 4.78 is 1.06. The normalized spacial score (nSPS) is 8.66. The van der Waals surface area contributed by atoms with Crippen molar-refractivity contribution >= 4 is 33.0 Å². The molecule has 0 bridgehead atoms. The van der Waals surface area contributed by atoms with Crippen LogP contribution in [-0.4, -0.2) is 0 Å². The Morgan fingerprint density at radius 2 is 0.682 bits per heavy atom. The molecule has 0 amide bonds. The highest BCUT2D eigenvalue weighted by molar-refractivity contribution is 9.10. The Kier molecular flexibility index (Phi) is 14.6. The van der Waals surface area contributed by atoms with E-state index in [-0.39, 0.29) is 7.43 Å². The van der Waals surface area contributed by atoms with Crippen LogP contribution in [0.25, 0.3) is 0 Å². The van der Waals surface area contributed by atoms with Crippen molar-refractivity contribution in [1.82, 2.24) is 0 Å². The zero-order valence-electron chi connectivity index (χ0n) is 23.7. The van der Waals surface area contributed by atoms with Crippen LogP contribution in [0, 0.1) is 47.9 Å².